The molecule has 0 atom stereocenters. The van der Waals surface area contributed by atoms with Crippen molar-refractivity contribution in [2.75, 3.05) is 0 Å². The molecular weight excluding hydrogens is 467 g/mol. The first-order valence-electron chi connectivity index (χ1n) is 7.33. The SMILES string of the molecule is Cc1cc(C2=C3C=CC(Br)=[N+]3[B-](F)(F)n3c(Br)ccc32)cc(F)c1F. The molecule has 2 aliphatic heterocycles. The molecule has 0 bridgehead atoms. The molecule has 0 aliphatic carbocycles. The molecule has 0 fully saturated rings. The molecule has 0 amide bonds. The number of allylic oxidation sites excluding steroid dienone is 2. The number of benzene rings is 1. The molecule has 0 radical (unpaired) electrons. The standard InChI is InChI=1S/C16H9BBr2F4N2/c1-8-6-9(7-10(20)16(8)21)15-11-2-4-13(18)24(11)17(22,23)25-12(15)3-5-14(25)19/h2-7H,1H3. The van der Waals surface area contributed by atoms with Gasteiger partial charge in [-0.15, -0.1) is 0 Å². The van der Waals surface area contributed by atoms with Gasteiger partial charge in [-0.25, -0.2) is 8.78 Å². The number of aromatic nitrogens is 1. The third-order valence-electron chi connectivity index (χ3n) is 4.37. The van der Waals surface area contributed by atoms with Gasteiger partial charge < -0.3 is 17.6 Å². The predicted octanol–water partition coefficient (Wildman–Crippen LogP) is 5.21. The molecule has 2 aromatic rings. The van der Waals surface area contributed by atoms with Crippen molar-refractivity contribution in [3.8, 4) is 0 Å². The summed E-state index contributed by atoms with van der Waals surface area (Å²) in [5.74, 6) is -1.96. The Morgan fingerprint density at radius 1 is 1.08 bits per heavy atom. The summed E-state index contributed by atoms with van der Waals surface area (Å²) in [5.41, 5.74) is 1.33. The Hall–Kier alpha value is -1.61. The van der Waals surface area contributed by atoms with Gasteiger partial charge in [-0.2, -0.15) is 0 Å². The monoisotopic (exact) mass is 474 g/mol. The van der Waals surface area contributed by atoms with Crippen LogP contribution >= 0.6 is 31.9 Å². The molecule has 0 unspecified atom stereocenters. The fourth-order valence-corrected chi connectivity index (χ4v) is 4.44. The fourth-order valence-electron chi connectivity index (χ4n) is 3.30. The van der Waals surface area contributed by atoms with E-state index < -0.39 is 18.6 Å². The highest BCUT2D eigenvalue weighted by Crippen LogP contribution is 2.42. The molecule has 1 aromatic heterocycles. The summed E-state index contributed by atoms with van der Waals surface area (Å²) in [6.07, 6.45) is 3.05. The van der Waals surface area contributed by atoms with E-state index in [2.05, 4.69) is 31.9 Å². The zero-order chi connectivity index (χ0) is 18.1. The highest BCUT2D eigenvalue weighted by atomic mass is 79.9. The summed E-state index contributed by atoms with van der Waals surface area (Å²) >= 11 is 6.31. The third kappa shape index (κ3) is 2.25. The highest BCUT2D eigenvalue weighted by molar-refractivity contribution is 9.18. The minimum absolute atomic E-state index is 0.111. The average Bonchev–Trinajstić information content (AvgIpc) is 3.10. The Labute approximate surface area is 157 Å². The molecule has 0 spiro atoms. The van der Waals surface area contributed by atoms with Gasteiger partial charge in [0, 0.05) is 33.8 Å². The van der Waals surface area contributed by atoms with Gasteiger partial charge in [0.25, 0.3) is 0 Å². The van der Waals surface area contributed by atoms with Crippen molar-refractivity contribution in [1.29, 1.82) is 0 Å². The van der Waals surface area contributed by atoms with Crippen LogP contribution < -0.4 is 0 Å². The van der Waals surface area contributed by atoms with Crippen LogP contribution in [0.2, 0.25) is 0 Å². The van der Waals surface area contributed by atoms with Crippen LogP contribution in [-0.2, 0) is 0 Å². The second-order valence-corrected chi connectivity index (χ2v) is 7.50. The number of hydrogen-bond donors (Lipinski definition) is 0. The first kappa shape index (κ1) is 16.8. The maximum absolute atomic E-state index is 15.1. The van der Waals surface area contributed by atoms with Crippen LogP contribution in [0.3, 0.4) is 0 Å². The molecule has 0 N–H and O–H groups in total. The van der Waals surface area contributed by atoms with Gasteiger partial charge in [0.1, 0.15) is 0 Å². The molecule has 1 aromatic carbocycles. The van der Waals surface area contributed by atoms with Gasteiger partial charge in [0.15, 0.2) is 17.3 Å². The van der Waals surface area contributed by atoms with Crippen molar-refractivity contribution in [1.82, 2.24) is 4.48 Å². The van der Waals surface area contributed by atoms with Gasteiger partial charge in [0.2, 0.25) is 4.62 Å². The van der Waals surface area contributed by atoms with Crippen molar-refractivity contribution >= 4 is 49.0 Å². The lowest BCUT2D eigenvalue weighted by Gasteiger charge is -2.32. The number of fused-ring (bicyclic) bond motifs is 2. The van der Waals surface area contributed by atoms with Crippen molar-refractivity contribution in [3.63, 3.8) is 0 Å². The van der Waals surface area contributed by atoms with Crippen molar-refractivity contribution in [2.45, 2.75) is 6.92 Å². The molecule has 2 aliphatic rings. The Balaban J connectivity index is 2.11. The second kappa shape index (κ2) is 5.44. The Bertz CT molecular complexity index is 1010. The van der Waals surface area contributed by atoms with E-state index in [1.165, 1.54) is 37.3 Å². The van der Waals surface area contributed by atoms with E-state index >= 15 is 8.63 Å². The van der Waals surface area contributed by atoms with E-state index in [4.69, 9.17) is 0 Å². The summed E-state index contributed by atoms with van der Waals surface area (Å²) in [6, 6.07) is 5.54. The van der Waals surface area contributed by atoms with Gasteiger partial charge in [-0.3, -0.25) is 0 Å². The average molecular weight is 476 g/mol. The molecule has 2 nitrogen and oxygen atoms in total. The molecule has 3 heterocycles. The highest BCUT2D eigenvalue weighted by Gasteiger charge is 2.54. The smallest absolute Gasteiger partial charge is 0.389 e. The fraction of sp³-hybridized carbons (Fsp3) is 0.0625. The summed E-state index contributed by atoms with van der Waals surface area (Å²) < 4.78 is 59.9. The van der Waals surface area contributed by atoms with Crippen LogP contribution in [0.15, 0.2) is 46.7 Å². The molecule has 128 valence electrons. The van der Waals surface area contributed by atoms with Gasteiger partial charge >= 0.3 is 6.97 Å². The van der Waals surface area contributed by atoms with Crippen LogP contribution in [0.4, 0.5) is 17.4 Å². The lowest BCUT2D eigenvalue weighted by atomic mass is 9.86. The van der Waals surface area contributed by atoms with Crippen LogP contribution in [0.25, 0.3) is 5.57 Å². The minimum Gasteiger partial charge on any atom is -0.389 e. The number of aryl methyl sites for hydroxylation is 1. The van der Waals surface area contributed by atoms with Crippen molar-refractivity contribution in [2.24, 2.45) is 0 Å². The molecule has 9 heteroatoms. The van der Waals surface area contributed by atoms with E-state index in [-0.39, 0.29) is 26.2 Å². The maximum Gasteiger partial charge on any atom is 0.738 e. The Morgan fingerprint density at radius 2 is 1.80 bits per heavy atom. The van der Waals surface area contributed by atoms with Crippen LogP contribution in [0, 0.1) is 18.6 Å². The maximum atomic E-state index is 15.1. The molecule has 0 saturated heterocycles. The van der Waals surface area contributed by atoms with E-state index in [0.29, 0.717) is 11.1 Å². The minimum atomic E-state index is -4.14. The topological polar surface area (TPSA) is 7.94 Å². The van der Waals surface area contributed by atoms with E-state index in [1.54, 1.807) is 0 Å². The normalized spacial score (nSPS) is 18.0. The number of nitrogens with zero attached hydrogens (tertiary/aromatic N) is 2. The third-order valence-corrected chi connectivity index (χ3v) is 5.66. The van der Waals surface area contributed by atoms with Gasteiger partial charge in [-0.05, 0) is 58.2 Å². The van der Waals surface area contributed by atoms with E-state index in [9.17, 15) is 8.78 Å². The van der Waals surface area contributed by atoms with Crippen molar-refractivity contribution < 1.29 is 21.9 Å². The molecule has 0 saturated carbocycles. The second-order valence-electron chi connectivity index (χ2n) is 5.87. The van der Waals surface area contributed by atoms with Gasteiger partial charge in [0.05, 0.1) is 10.2 Å². The summed E-state index contributed by atoms with van der Waals surface area (Å²) in [6.45, 7) is -2.70. The van der Waals surface area contributed by atoms with Crippen LogP contribution in [0.5, 0.6) is 0 Å². The zero-order valence-corrected chi connectivity index (χ0v) is 15.9. The molecule has 25 heavy (non-hydrogen) atoms. The molecular formula is C16H9BBr2F4N2. The van der Waals surface area contributed by atoms with Gasteiger partial charge in [-0.1, -0.05) is 0 Å². The zero-order valence-electron chi connectivity index (χ0n) is 12.7. The van der Waals surface area contributed by atoms with Crippen LogP contribution in [-0.4, -0.2) is 20.6 Å². The number of rotatable bonds is 1. The van der Waals surface area contributed by atoms with Crippen LogP contribution in [0.1, 0.15) is 16.8 Å². The van der Waals surface area contributed by atoms with E-state index in [1.807, 2.05) is 0 Å². The first-order chi connectivity index (χ1) is 11.7. The quantitative estimate of drug-likeness (QED) is 0.395. The van der Waals surface area contributed by atoms with Crippen molar-refractivity contribution in [3.05, 3.63) is 75.2 Å². The van der Waals surface area contributed by atoms with E-state index in [0.717, 1.165) is 15.0 Å². The Morgan fingerprint density at radius 3 is 2.48 bits per heavy atom. The predicted molar refractivity (Wildman–Crippen MR) is 96.0 cm³/mol. The Kier molecular flexibility index (Phi) is 3.67. The summed E-state index contributed by atoms with van der Waals surface area (Å²) in [4.78, 5) is 0. The lowest BCUT2D eigenvalue weighted by molar-refractivity contribution is -0.358. The number of hydrogen-bond acceptors (Lipinski definition) is 0. The lowest BCUT2D eigenvalue weighted by Crippen LogP contribution is -2.50. The summed E-state index contributed by atoms with van der Waals surface area (Å²) in [7, 11) is 0. The first-order valence-corrected chi connectivity index (χ1v) is 8.92. The summed E-state index contributed by atoms with van der Waals surface area (Å²) in [5, 5.41) is 0. The largest absolute Gasteiger partial charge is 0.738 e. The molecule has 4 rings (SSSR count). The number of halogens is 6.